The first-order chi connectivity index (χ1) is 9.21. The van der Waals surface area contributed by atoms with E-state index in [9.17, 15) is 0 Å². The highest BCUT2D eigenvalue weighted by Crippen LogP contribution is 2.17. The Morgan fingerprint density at radius 2 is 2.11 bits per heavy atom. The average Bonchev–Trinajstić information content (AvgIpc) is 2.40. The summed E-state index contributed by atoms with van der Waals surface area (Å²) < 4.78 is 5.17. The summed E-state index contributed by atoms with van der Waals surface area (Å²) in [5, 5.41) is 3.43. The molecular formula is C14H24N4O. The topological polar surface area (TPSA) is 50.3 Å². The maximum atomic E-state index is 5.17. The largest absolute Gasteiger partial charge is 0.481 e. The molecule has 5 heteroatoms. The van der Waals surface area contributed by atoms with Crippen LogP contribution in [0.25, 0.3) is 0 Å². The molecule has 1 aliphatic heterocycles. The number of nitrogens with zero attached hydrogens (tertiary/aromatic N) is 3. The third-order valence-corrected chi connectivity index (χ3v) is 3.50. The second kappa shape index (κ2) is 6.70. The van der Waals surface area contributed by atoms with Gasteiger partial charge in [0.2, 0.25) is 11.8 Å². The maximum absolute atomic E-state index is 5.17. The molecule has 106 valence electrons. The van der Waals surface area contributed by atoms with Crippen molar-refractivity contribution < 1.29 is 4.74 Å². The second-order valence-electron chi connectivity index (χ2n) is 5.14. The van der Waals surface area contributed by atoms with Gasteiger partial charge in [-0.25, -0.2) is 4.98 Å². The third-order valence-electron chi connectivity index (χ3n) is 3.50. The Hall–Kier alpha value is -1.36. The molecule has 0 saturated carbocycles. The third kappa shape index (κ3) is 4.06. The Balaban J connectivity index is 1.90. The van der Waals surface area contributed by atoms with Crippen molar-refractivity contribution in [2.24, 2.45) is 0 Å². The molecule has 0 spiro atoms. The van der Waals surface area contributed by atoms with Crippen molar-refractivity contribution in [3.05, 3.63) is 11.8 Å². The van der Waals surface area contributed by atoms with Crippen LogP contribution in [0.3, 0.4) is 0 Å². The number of rotatable bonds is 5. The minimum absolute atomic E-state index is 0.472. The van der Waals surface area contributed by atoms with Gasteiger partial charge < -0.3 is 15.0 Å². The lowest BCUT2D eigenvalue weighted by Gasteiger charge is -2.32. The Labute approximate surface area is 115 Å². The first-order valence-electron chi connectivity index (χ1n) is 7.10. The molecule has 0 atom stereocenters. The Morgan fingerprint density at radius 3 is 2.74 bits per heavy atom. The molecular weight excluding hydrogens is 240 g/mol. The van der Waals surface area contributed by atoms with Crippen LogP contribution in [-0.2, 0) is 0 Å². The molecule has 1 aromatic rings. The van der Waals surface area contributed by atoms with Gasteiger partial charge in [0.15, 0.2) is 0 Å². The van der Waals surface area contributed by atoms with Gasteiger partial charge in [0, 0.05) is 30.9 Å². The van der Waals surface area contributed by atoms with Crippen LogP contribution in [-0.4, -0.2) is 47.7 Å². The van der Waals surface area contributed by atoms with Crippen molar-refractivity contribution >= 4 is 5.95 Å². The number of aromatic nitrogens is 2. The first-order valence-corrected chi connectivity index (χ1v) is 7.10. The molecule has 2 rings (SSSR count). The van der Waals surface area contributed by atoms with E-state index < -0.39 is 0 Å². The van der Waals surface area contributed by atoms with Gasteiger partial charge in [-0.2, -0.15) is 4.98 Å². The minimum atomic E-state index is 0.472. The summed E-state index contributed by atoms with van der Waals surface area (Å²) in [6.45, 7) is 7.72. The molecule has 0 radical (unpaired) electrons. The molecule has 1 aliphatic rings. The highest BCUT2D eigenvalue weighted by atomic mass is 16.5. The number of hydrogen-bond donors (Lipinski definition) is 1. The standard InChI is InChI=1S/C14H24N4O/c1-4-7-18-8-5-12(6-9-18)16-14-15-11(2)10-13(17-14)19-3/h10,12H,4-9H2,1-3H3,(H,15,16,17). The Kier molecular flexibility index (Phi) is 4.96. The Bertz CT molecular complexity index is 402. The molecule has 0 aliphatic carbocycles. The monoisotopic (exact) mass is 264 g/mol. The quantitative estimate of drug-likeness (QED) is 0.882. The molecule has 1 fully saturated rings. The molecule has 5 nitrogen and oxygen atoms in total. The van der Waals surface area contributed by atoms with Crippen LogP contribution in [0.1, 0.15) is 31.9 Å². The highest BCUT2D eigenvalue weighted by molar-refractivity contribution is 5.31. The summed E-state index contributed by atoms with van der Waals surface area (Å²) >= 11 is 0. The van der Waals surface area contributed by atoms with Gasteiger partial charge in [-0.1, -0.05) is 6.92 Å². The van der Waals surface area contributed by atoms with Gasteiger partial charge >= 0.3 is 0 Å². The zero-order chi connectivity index (χ0) is 13.7. The van der Waals surface area contributed by atoms with Crippen molar-refractivity contribution in [2.45, 2.75) is 39.2 Å². The Morgan fingerprint density at radius 1 is 1.37 bits per heavy atom. The lowest BCUT2D eigenvalue weighted by Crippen LogP contribution is -2.39. The summed E-state index contributed by atoms with van der Waals surface area (Å²) in [5.41, 5.74) is 0.928. The molecule has 19 heavy (non-hydrogen) atoms. The van der Waals surface area contributed by atoms with E-state index in [0.29, 0.717) is 17.9 Å². The number of aryl methyl sites for hydroxylation is 1. The van der Waals surface area contributed by atoms with Crippen LogP contribution in [0.5, 0.6) is 5.88 Å². The summed E-state index contributed by atoms with van der Waals surface area (Å²) in [6, 6.07) is 2.31. The fraction of sp³-hybridized carbons (Fsp3) is 0.714. The molecule has 1 saturated heterocycles. The highest BCUT2D eigenvalue weighted by Gasteiger charge is 2.19. The lowest BCUT2D eigenvalue weighted by atomic mass is 10.1. The molecule has 0 bridgehead atoms. The van der Waals surface area contributed by atoms with E-state index >= 15 is 0 Å². The van der Waals surface area contributed by atoms with E-state index in [1.807, 2.05) is 13.0 Å². The number of hydrogen-bond acceptors (Lipinski definition) is 5. The maximum Gasteiger partial charge on any atom is 0.226 e. The SMILES string of the molecule is CCCN1CCC(Nc2nc(C)cc(OC)n2)CC1. The smallest absolute Gasteiger partial charge is 0.226 e. The van der Waals surface area contributed by atoms with Crippen molar-refractivity contribution in [2.75, 3.05) is 32.1 Å². The number of piperidine rings is 1. The normalized spacial score (nSPS) is 17.4. The number of likely N-dealkylation sites (tertiary alicyclic amines) is 1. The predicted molar refractivity (Wildman–Crippen MR) is 76.7 cm³/mol. The van der Waals surface area contributed by atoms with E-state index in [2.05, 4.69) is 27.1 Å². The van der Waals surface area contributed by atoms with Crippen molar-refractivity contribution in [3.8, 4) is 5.88 Å². The molecule has 0 unspecified atom stereocenters. The summed E-state index contributed by atoms with van der Waals surface area (Å²) in [7, 11) is 1.63. The zero-order valence-electron chi connectivity index (χ0n) is 12.1. The van der Waals surface area contributed by atoms with Gasteiger partial charge in [0.05, 0.1) is 7.11 Å². The van der Waals surface area contributed by atoms with Gasteiger partial charge in [-0.3, -0.25) is 0 Å². The van der Waals surface area contributed by atoms with Gasteiger partial charge in [0.25, 0.3) is 0 Å². The van der Waals surface area contributed by atoms with Crippen LogP contribution < -0.4 is 10.1 Å². The fourth-order valence-corrected chi connectivity index (χ4v) is 2.51. The molecule has 1 aromatic heterocycles. The zero-order valence-corrected chi connectivity index (χ0v) is 12.1. The van der Waals surface area contributed by atoms with E-state index in [1.54, 1.807) is 7.11 Å². The number of nitrogens with one attached hydrogen (secondary N) is 1. The van der Waals surface area contributed by atoms with Gasteiger partial charge in [0.1, 0.15) is 0 Å². The van der Waals surface area contributed by atoms with E-state index in [1.165, 1.54) is 13.0 Å². The van der Waals surface area contributed by atoms with Crippen LogP contribution in [0.2, 0.25) is 0 Å². The van der Waals surface area contributed by atoms with E-state index in [4.69, 9.17) is 4.74 Å². The number of ether oxygens (including phenoxy) is 1. The van der Waals surface area contributed by atoms with Crippen molar-refractivity contribution in [1.82, 2.24) is 14.9 Å². The van der Waals surface area contributed by atoms with Crippen LogP contribution >= 0.6 is 0 Å². The predicted octanol–water partition coefficient (Wildman–Crippen LogP) is 2.08. The lowest BCUT2D eigenvalue weighted by molar-refractivity contribution is 0.219. The van der Waals surface area contributed by atoms with Crippen molar-refractivity contribution in [1.29, 1.82) is 0 Å². The fourth-order valence-electron chi connectivity index (χ4n) is 2.51. The number of anilines is 1. The van der Waals surface area contributed by atoms with E-state index in [-0.39, 0.29) is 0 Å². The van der Waals surface area contributed by atoms with E-state index in [0.717, 1.165) is 31.6 Å². The van der Waals surface area contributed by atoms with Crippen LogP contribution in [0.15, 0.2) is 6.07 Å². The molecule has 0 aromatic carbocycles. The average molecular weight is 264 g/mol. The molecule has 1 N–H and O–H groups in total. The summed E-state index contributed by atoms with van der Waals surface area (Å²) in [6.07, 6.45) is 3.54. The molecule has 0 amide bonds. The van der Waals surface area contributed by atoms with Crippen LogP contribution in [0, 0.1) is 6.92 Å². The summed E-state index contributed by atoms with van der Waals surface area (Å²) in [4.78, 5) is 11.3. The minimum Gasteiger partial charge on any atom is -0.481 e. The molecule has 2 heterocycles. The van der Waals surface area contributed by atoms with Gasteiger partial charge in [-0.05, 0) is 32.7 Å². The van der Waals surface area contributed by atoms with Gasteiger partial charge in [-0.15, -0.1) is 0 Å². The van der Waals surface area contributed by atoms with Crippen molar-refractivity contribution in [3.63, 3.8) is 0 Å². The van der Waals surface area contributed by atoms with Crippen LogP contribution in [0.4, 0.5) is 5.95 Å². The first kappa shape index (κ1) is 14.1. The second-order valence-corrected chi connectivity index (χ2v) is 5.14. The number of methoxy groups -OCH3 is 1. The summed E-state index contributed by atoms with van der Waals surface area (Å²) in [5.74, 6) is 1.31.